The monoisotopic (exact) mass is 765 g/mol. The van der Waals surface area contributed by atoms with Gasteiger partial charge < -0.3 is 4.90 Å². The van der Waals surface area contributed by atoms with Crippen molar-refractivity contribution in [2.24, 2.45) is 11.8 Å². The van der Waals surface area contributed by atoms with Crippen LogP contribution in [0.3, 0.4) is 0 Å². The van der Waals surface area contributed by atoms with E-state index in [9.17, 15) is 0 Å². The van der Waals surface area contributed by atoms with E-state index in [2.05, 4.69) is 227 Å². The van der Waals surface area contributed by atoms with Crippen molar-refractivity contribution < 1.29 is 0 Å². The van der Waals surface area contributed by atoms with Crippen molar-refractivity contribution in [3.8, 4) is 0 Å². The molecule has 1 nitrogen and oxygen atoms in total. The third-order valence-corrected chi connectivity index (χ3v) is 14.2. The van der Waals surface area contributed by atoms with Crippen molar-refractivity contribution in [3.63, 3.8) is 0 Å². The van der Waals surface area contributed by atoms with E-state index >= 15 is 0 Å². The number of benzene rings is 7. The predicted octanol–water partition coefficient (Wildman–Crippen LogP) is 11.2. The Bertz CT molecular complexity index is 2640. The Kier molecular flexibility index (Phi) is 7.78. The fourth-order valence-corrected chi connectivity index (χ4v) is 12.0. The molecule has 2 heterocycles. The van der Waals surface area contributed by atoms with E-state index in [-0.39, 0.29) is 29.4 Å². The second-order valence-electron chi connectivity index (χ2n) is 15.5. The molecule has 7 aromatic carbocycles. The van der Waals surface area contributed by atoms with Crippen molar-refractivity contribution >= 4 is 83.0 Å². The van der Waals surface area contributed by atoms with Crippen LogP contribution >= 0.6 is 15.8 Å². The fourth-order valence-electron chi connectivity index (χ4n) is 11.1. The van der Waals surface area contributed by atoms with Gasteiger partial charge in [-0.25, -0.2) is 0 Å². The summed E-state index contributed by atoms with van der Waals surface area (Å²) in [6.07, 6.45) is 19.3. The minimum absolute atomic E-state index is 0.134. The first-order valence-corrected chi connectivity index (χ1v) is 20.5. The maximum Gasteiger partial charge on any atom is 0.262 e. The smallest absolute Gasteiger partial charge is 0.262 e. The van der Waals surface area contributed by atoms with Crippen LogP contribution in [-0.4, -0.2) is 12.2 Å². The van der Waals surface area contributed by atoms with Gasteiger partial charge >= 0.3 is 0 Å². The van der Waals surface area contributed by atoms with Crippen molar-refractivity contribution in [2.45, 2.75) is 17.0 Å². The van der Waals surface area contributed by atoms with Gasteiger partial charge in [0.05, 0.1) is 5.69 Å². The second kappa shape index (κ2) is 13.0. The number of hydrogen-bond donors (Lipinski definition) is 0. The minimum Gasteiger partial charge on any atom is -0.309 e. The summed E-state index contributed by atoms with van der Waals surface area (Å²) in [5.41, 5.74) is 10.7. The predicted molar refractivity (Wildman–Crippen MR) is 240 cm³/mol. The average molecular weight is 766 g/mol. The Labute approximate surface area is 332 Å². The third-order valence-electron chi connectivity index (χ3n) is 13.1. The molecule has 0 amide bonds. The molecule has 2 aliphatic carbocycles. The van der Waals surface area contributed by atoms with E-state index in [4.69, 9.17) is 0 Å². The van der Waals surface area contributed by atoms with Crippen LogP contribution in [0.2, 0.25) is 11.6 Å². The minimum atomic E-state index is -0.241. The molecular formula is C51H38B2BrN. The molecule has 0 fully saturated rings. The average Bonchev–Trinajstić information content (AvgIpc) is 3.26. The lowest BCUT2D eigenvalue weighted by Gasteiger charge is -2.59. The summed E-state index contributed by atoms with van der Waals surface area (Å²) in [6.45, 7) is 0.134. The Morgan fingerprint density at radius 2 is 0.873 bits per heavy atom. The zero-order chi connectivity index (χ0) is 36.5. The highest BCUT2D eigenvalue weighted by Crippen LogP contribution is 2.61. The highest BCUT2D eigenvalue weighted by atomic mass is 79.9. The number of nitrogens with zero attached hydrogens (tertiary/aromatic N) is 1. The fraction of sp³-hybridized carbons (Fsp3) is 0.0980. The van der Waals surface area contributed by atoms with Crippen LogP contribution in [0.15, 0.2) is 206 Å². The topological polar surface area (TPSA) is 3.24 Å². The van der Waals surface area contributed by atoms with Crippen LogP contribution in [0.5, 0.6) is 0 Å². The van der Waals surface area contributed by atoms with Gasteiger partial charge in [-0.05, 0) is 69.6 Å². The van der Waals surface area contributed by atoms with Crippen LogP contribution in [0.4, 0.5) is 17.1 Å². The van der Waals surface area contributed by atoms with Gasteiger partial charge in [0.25, 0.3) is 5.54 Å². The van der Waals surface area contributed by atoms with Crippen LogP contribution in [0, 0.1) is 11.8 Å². The lowest BCUT2D eigenvalue weighted by Crippen LogP contribution is -2.65. The van der Waals surface area contributed by atoms with Crippen LogP contribution in [-0.2, 0) is 5.41 Å². The maximum atomic E-state index is 4.24. The number of anilines is 3. The number of allylic oxidation sites excluding steroid dienone is 8. The molecule has 260 valence electrons. The summed E-state index contributed by atoms with van der Waals surface area (Å²) >= 11 is 4.24. The van der Waals surface area contributed by atoms with Gasteiger partial charge in [-0.1, -0.05) is 198 Å². The molecule has 55 heavy (non-hydrogen) atoms. The van der Waals surface area contributed by atoms with Gasteiger partial charge in [-0.15, -0.1) is 15.8 Å². The molecule has 0 saturated carbocycles. The number of halogens is 1. The first-order chi connectivity index (χ1) is 27.3. The second-order valence-corrected chi connectivity index (χ2v) is 16.5. The number of para-hydroxylation sites is 2. The van der Waals surface area contributed by atoms with Gasteiger partial charge in [-0.3, -0.25) is 0 Å². The molecule has 7 aromatic rings. The Morgan fingerprint density at radius 1 is 0.436 bits per heavy atom. The van der Waals surface area contributed by atoms with Crippen molar-refractivity contribution in [1.29, 1.82) is 0 Å². The van der Waals surface area contributed by atoms with E-state index in [1.54, 1.807) is 0 Å². The Hall–Kier alpha value is -5.57. The first kappa shape index (κ1) is 32.8. The molecule has 0 bridgehead atoms. The molecule has 5 unspecified atom stereocenters. The van der Waals surface area contributed by atoms with Gasteiger partial charge in [0, 0.05) is 27.6 Å². The molecule has 11 rings (SSSR count). The van der Waals surface area contributed by atoms with E-state index < -0.39 is 0 Å². The maximum absolute atomic E-state index is 4.24. The number of rotatable bonds is 4. The molecule has 5 atom stereocenters. The van der Waals surface area contributed by atoms with Crippen LogP contribution in [0.1, 0.15) is 11.1 Å². The molecule has 2 aliphatic heterocycles. The summed E-state index contributed by atoms with van der Waals surface area (Å²) in [5.74, 6) is 1.11. The Morgan fingerprint density at radius 3 is 1.47 bits per heavy atom. The van der Waals surface area contributed by atoms with E-state index in [1.807, 2.05) is 0 Å². The molecule has 0 aromatic heterocycles. The summed E-state index contributed by atoms with van der Waals surface area (Å²) < 4.78 is 0. The van der Waals surface area contributed by atoms with E-state index in [0.29, 0.717) is 11.7 Å². The summed E-state index contributed by atoms with van der Waals surface area (Å²) in [5, 5.41) is 5.15. The van der Waals surface area contributed by atoms with Gasteiger partial charge in [0.15, 0.2) is 0 Å². The number of fused-ring (bicyclic) bond motifs is 10. The van der Waals surface area contributed by atoms with Crippen molar-refractivity contribution in [2.75, 3.05) is 4.90 Å². The summed E-state index contributed by atoms with van der Waals surface area (Å²) in [7, 11) is 0. The molecule has 4 aliphatic rings. The quantitative estimate of drug-likeness (QED) is 0.127. The standard InChI is InChI=1S/C51H38B2BrN/c54-53-47-33-17-13-29-43(47)51(44-30-14-18-34-48(44)53)41-27-11-15-31-45(41)52(46-32-16-12-28-42(46)51)49-37-23-7-9-25-39(37)50(40-26-10-8-24-38(40)49)55(35-19-3-1-4-20-35)36-21-5-2-6-22-36/h1-34,41,43,45,47H. The van der Waals surface area contributed by atoms with Crippen LogP contribution < -0.4 is 21.3 Å². The first-order valence-electron chi connectivity index (χ1n) is 19.6. The molecule has 0 radical (unpaired) electrons. The zero-order valence-corrected chi connectivity index (χ0v) is 32.0. The normalized spacial score (nSPS) is 23.1. The van der Waals surface area contributed by atoms with Gasteiger partial charge in [0.1, 0.15) is 0 Å². The van der Waals surface area contributed by atoms with Gasteiger partial charge in [0.2, 0.25) is 6.71 Å². The van der Waals surface area contributed by atoms with Crippen molar-refractivity contribution in [1.82, 2.24) is 0 Å². The zero-order valence-electron chi connectivity index (χ0n) is 30.4. The largest absolute Gasteiger partial charge is 0.309 e. The van der Waals surface area contributed by atoms with E-state index in [1.165, 1.54) is 54.7 Å². The summed E-state index contributed by atoms with van der Waals surface area (Å²) in [4.78, 5) is 2.46. The molecular weight excluding hydrogens is 728 g/mol. The highest BCUT2D eigenvalue weighted by Gasteiger charge is 2.61. The Balaban J connectivity index is 1.24. The lowest BCUT2D eigenvalue weighted by atomic mass is 9.22. The third kappa shape index (κ3) is 4.74. The SMILES string of the molecule is BrB1c2ccccc2C2(c3ccccc3B(c3c4ccccc4c(N(c4ccccc4)c4ccccc4)c4ccccc34)C3C=CC=CC32)C2C=CC=CC12. The molecule has 0 N–H and O–H groups in total. The number of hydrogen-bond acceptors (Lipinski definition) is 1. The molecule has 4 heteroatoms. The highest BCUT2D eigenvalue weighted by molar-refractivity contribution is 9.25. The molecule has 1 spiro atoms. The van der Waals surface area contributed by atoms with Crippen LogP contribution in [0.25, 0.3) is 21.5 Å². The summed E-state index contributed by atoms with van der Waals surface area (Å²) in [6, 6.07) is 58.9. The molecule has 0 saturated heterocycles. The lowest BCUT2D eigenvalue weighted by molar-refractivity contribution is 0.282. The van der Waals surface area contributed by atoms with E-state index in [0.717, 1.165) is 11.4 Å². The van der Waals surface area contributed by atoms with Crippen molar-refractivity contribution in [3.05, 3.63) is 217 Å². The van der Waals surface area contributed by atoms with Gasteiger partial charge in [-0.2, -0.15) is 0 Å².